The maximum Gasteiger partial charge on any atom is 0.252 e. The third kappa shape index (κ3) is 4.84. The van der Waals surface area contributed by atoms with Gasteiger partial charge < -0.3 is 15.8 Å². The van der Waals surface area contributed by atoms with Gasteiger partial charge in [-0.2, -0.15) is 5.10 Å². The van der Waals surface area contributed by atoms with E-state index in [0.29, 0.717) is 34.7 Å². The molecule has 1 amide bonds. The highest BCUT2D eigenvalue weighted by Crippen LogP contribution is 2.32. The fourth-order valence-electron chi connectivity index (χ4n) is 5.40. The van der Waals surface area contributed by atoms with Gasteiger partial charge in [0.25, 0.3) is 5.91 Å². The molecular formula is C27H30F2N6O2. The van der Waals surface area contributed by atoms with Crippen LogP contribution in [0.5, 0.6) is 11.5 Å². The minimum atomic E-state index is -0.782. The van der Waals surface area contributed by atoms with Gasteiger partial charge in [0, 0.05) is 69.2 Å². The molecule has 3 aromatic rings. The highest BCUT2D eigenvalue weighted by molar-refractivity contribution is 5.98. The number of carbonyl (C=O) groups is 1. The maximum absolute atomic E-state index is 13.9. The molecule has 3 N–H and O–H groups in total. The van der Waals surface area contributed by atoms with Crippen LogP contribution in [0.2, 0.25) is 0 Å². The van der Waals surface area contributed by atoms with Gasteiger partial charge in [0.05, 0.1) is 11.6 Å². The Kier molecular flexibility index (Phi) is 6.39. The van der Waals surface area contributed by atoms with Crippen molar-refractivity contribution in [3.05, 3.63) is 65.9 Å². The van der Waals surface area contributed by atoms with Crippen LogP contribution in [0.15, 0.2) is 48.7 Å². The van der Waals surface area contributed by atoms with Crippen molar-refractivity contribution in [2.24, 2.45) is 5.73 Å². The van der Waals surface area contributed by atoms with Crippen molar-refractivity contribution in [3.63, 3.8) is 0 Å². The molecule has 6 rings (SSSR count). The number of nitrogens with one attached hydrogen (secondary N) is 1. The summed E-state index contributed by atoms with van der Waals surface area (Å²) < 4.78 is 34.5. The molecule has 8 nitrogen and oxygen atoms in total. The molecule has 0 atom stereocenters. The second-order valence-corrected chi connectivity index (χ2v) is 10.1. The van der Waals surface area contributed by atoms with Gasteiger partial charge in [-0.05, 0) is 49.2 Å². The number of amides is 1. The Labute approximate surface area is 214 Å². The zero-order valence-electron chi connectivity index (χ0n) is 20.4. The molecule has 3 fully saturated rings. The van der Waals surface area contributed by atoms with E-state index in [1.807, 2.05) is 4.68 Å². The van der Waals surface area contributed by atoms with Gasteiger partial charge in [-0.1, -0.05) is 0 Å². The first-order chi connectivity index (χ1) is 17.9. The summed E-state index contributed by atoms with van der Waals surface area (Å²) in [6.45, 7) is 6.56. The number of ether oxygens (including phenoxy) is 1. The van der Waals surface area contributed by atoms with Crippen LogP contribution in [0.1, 0.15) is 29.2 Å². The molecule has 1 aromatic heterocycles. The lowest BCUT2D eigenvalue weighted by Gasteiger charge is -2.52. The second-order valence-electron chi connectivity index (χ2n) is 10.1. The Morgan fingerprint density at radius 1 is 0.973 bits per heavy atom. The fourth-order valence-corrected chi connectivity index (χ4v) is 5.40. The SMILES string of the molecule is NC(=O)c1cn(C2CCN(C3CN(C4CNC4)C3)CC2)nc1-c1ccc(Oc2ccc(F)cc2F)cc1. The molecule has 194 valence electrons. The number of primary amides is 1. The minimum Gasteiger partial charge on any atom is -0.454 e. The number of hydrogen-bond donors (Lipinski definition) is 2. The topological polar surface area (TPSA) is 88.7 Å². The van der Waals surface area contributed by atoms with Gasteiger partial charge in [0.1, 0.15) is 17.3 Å². The lowest BCUT2D eigenvalue weighted by molar-refractivity contribution is -0.0219. The van der Waals surface area contributed by atoms with Crippen LogP contribution in [0, 0.1) is 11.6 Å². The summed E-state index contributed by atoms with van der Waals surface area (Å²) >= 11 is 0. The van der Waals surface area contributed by atoms with E-state index < -0.39 is 17.5 Å². The monoisotopic (exact) mass is 508 g/mol. The van der Waals surface area contributed by atoms with Crippen molar-refractivity contribution in [1.82, 2.24) is 24.9 Å². The number of aromatic nitrogens is 2. The van der Waals surface area contributed by atoms with E-state index in [1.54, 1.807) is 30.5 Å². The van der Waals surface area contributed by atoms with E-state index in [0.717, 1.165) is 64.2 Å². The normalized spacial score (nSPS) is 19.9. The standard InChI is InChI=1S/C27H30F2N6O2/c28-18-3-6-25(24(29)11-18)37-22-4-1-17(2-5-22)26-23(27(30)36)16-35(32-26)19-7-9-33(10-8-19)21-14-34(15-21)20-12-31-13-20/h1-6,11,16,19-21,31H,7-10,12-15H2,(H2,30,36). The van der Waals surface area contributed by atoms with Crippen molar-refractivity contribution in [2.75, 3.05) is 39.3 Å². The van der Waals surface area contributed by atoms with E-state index in [2.05, 4.69) is 15.1 Å². The number of benzene rings is 2. The largest absolute Gasteiger partial charge is 0.454 e. The molecular weight excluding hydrogens is 478 g/mol. The molecule has 0 spiro atoms. The average molecular weight is 509 g/mol. The van der Waals surface area contributed by atoms with Gasteiger partial charge in [-0.3, -0.25) is 19.3 Å². The molecule has 0 saturated carbocycles. The van der Waals surface area contributed by atoms with Crippen LogP contribution in [0.4, 0.5) is 8.78 Å². The Morgan fingerprint density at radius 2 is 1.70 bits per heavy atom. The van der Waals surface area contributed by atoms with Crippen molar-refractivity contribution in [3.8, 4) is 22.8 Å². The highest BCUT2D eigenvalue weighted by atomic mass is 19.1. The zero-order valence-corrected chi connectivity index (χ0v) is 20.4. The summed E-state index contributed by atoms with van der Waals surface area (Å²) in [4.78, 5) is 17.4. The van der Waals surface area contributed by atoms with E-state index in [-0.39, 0.29) is 11.8 Å². The molecule has 0 unspecified atom stereocenters. The van der Waals surface area contributed by atoms with Crippen LogP contribution in [-0.4, -0.2) is 76.8 Å². The Balaban J connectivity index is 1.11. The molecule has 3 aliphatic heterocycles. The summed E-state index contributed by atoms with van der Waals surface area (Å²) in [6, 6.07) is 11.5. The number of carbonyl (C=O) groups excluding carboxylic acids is 1. The van der Waals surface area contributed by atoms with Crippen molar-refractivity contribution >= 4 is 5.91 Å². The lowest BCUT2D eigenvalue weighted by Crippen LogP contribution is -2.69. The van der Waals surface area contributed by atoms with Gasteiger partial charge in [-0.15, -0.1) is 0 Å². The third-order valence-electron chi connectivity index (χ3n) is 7.80. The summed E-state index contributed by atoms with van der Waals surface area (Å²) in [7, 11) is 0. The number of likely N-dealkylation sites (tertiary alicyclic amines) is 2. The number of nitrogens with two attached hydrogens (primary N) is 1. The van der Waals surface area contributed by atoms with E-state index >= 15 is 0 Å². The number of rotatable bonds is 7. The average Bonchev–Trinajstić information content (AvgIpc) is 3.28. The number of hydrogen-bond acceptors (Lipinski definition) is 6. The number of nitrogens with zero attached hydrogens (tertiary/aromatic N) is 4. The van der Waals surface area contributed by atoms with Crippen LogP contribution in [0.3, 0.4) is 0 Å². The van der Waals surface area contributed by atoms with Crippen LogP contribution in [0.25, 0.3) is 11.3 Å². The van der Waals surface area contributed by atoms with Gasteiger partial charge in [0.2, 0.25) is 0 Å². The first kappa shape index (κ1) is 24.0. The summed E-state index contributed by atoms with van der Waals surface area (Å²) in [5.74, 6) is -1.68. The minimum absolute atomic E-state index is 0.0720. The van der Waals surface area contributed by atoms with E-state index in [9.17, 15) is 13.6 Å². The molecule has 10 heteroatoms. The molecule has 3 saturated heterocycles. The molecule has 0 radical (unpaired) electrons. The third-order valence-corrected chi connectivity index (χ3v) is 7.80. The Hall–Kier alpha value is -3.34. The predicted molar refractivity (Wildman–Crippen MR) is 134 cm³/mol. The summed E-state index contributed by atoms with van der Waals surface area (Å²) in [5.41, 5.74) is 7.27. The lowest BCUT2D eigenvalue weighted by atomic mass is 9.97. The van der Waals surface area contributed by atoms with Gasteiger partial charge in [-0.25, -0.2) is 8.78 Å². The fraction of sp³-hybridized carbons (Fsp3) is 0.407. The quantitative estimate of drug-likeness (QED) is 0.510. The molecule has 37 heavy (non-hydrogen) atoms. The van der Waals surface area contributed by atoms with E-state index in [4.69, 9.17) is 15.6 Å². The Morgan fingerprint density at radius 3 is 2.32 bits per heavy atom. The van der Waals surface area contributed by atoms with Gasteiger partial charge >= 0.3 is 0 Å². The smallest absolute Gasteiger partial charge is 0.252 e. The van der Waals surface area contributed by atoms with Crippen molar-refractivity contribution < 1.29 is 18.3 Å². The highest BCUT2D eigenvalue weighted by Gasteiger charge is 2.39. The zero-order chi connectivity index (χ0) is 25.5. The van der Waals surface area contributed by atoms with Crippen LogP contribution in [-0.2, 0) is 0 Å². The van der Waals surface area contributed by atoms with E-state index in [1.165, 1.54) is 6.07 Å². The van der Waals surface area contributed by atoms with Crippen LogP contribution < -0.4 is 15.8 Å². The first-order valence-electron chi connectivity index (χ1n) is 12.8. The summed E-state index contributed by atoms with van der Waals surface area (Å²) in [5, 5.41) is 8.10. The Bertz CT molecular complexity index is 1280. The van der Waals surface area contributed by atoms with Crippen molar-refractivity contribution in [1.29, 1.82) is 0 Å². The van der Waals surface area contributed by atoms with Crippen molar-refractivity contribution in [2.45, 2.75) is 31.0 Å². The molecule has 2 aromatic carbocycles. The predicted octanol–water partition coefficient (Wildman–Crippen LogP) is 3.01. The molecule has 4 heterocycles. The summed E-state index contributed by atoms with van der Waals surface area (Å²) in [6.07, 6.45) is 3.69. The maximum atomic E-state index is 13.9. The second kappa shape index (κ2) is 9.85. The van der Waals surface area contributed by atoms with Crippen LogP contribution >= 0.6 is 0 Å². The number of piperidine rings is 1. The number of halogens is 2. The molecule has 0 aliphatic carbocycles. The van der Waals surface area contributed by atoms with Gasteiger partial charge in [0.15, 0.2) is 11.6 Å². The molecule has 0 bridgehead atoms. The first-order valence-corrected chi connectivity index (χ1v) is 12.8. The molecule has 3 aliphatic rings.